The quantitative estimate of drug-likeness (QED) is 0.542. The van der Waals surface area contributed by atoms with Gasteiger partial charge in [-0.05, 0) is 25.1 Å². The molecule has 0 aromatic heterocycles. The highest BCUT2D eigenvalue weighted by Crippen LogP contribution is 2.15. The topological polar surface area (TPSA) is 46.4 Å². The number of nitro groups is 1. The van der Waals surface area contributed by atoms with Gasteiger partial charge >= 0.3 is 0 Å². The Bertz CT molecular complexity index is 330. The van der Waals surface area contributed by atoms with Crippen molar-refractivity contribution >= 4 is 5.69 Å². The van der Waals surface area contributed by atoms with E-state index in [0.717, 1.165) is 25.2 Å². The van der Waals surface area contributed by atoms with Gasteiger partial charge in [0, 0.05) is 18.7 Å². The monoisotopic (exact) mass is 192 g/mol. The Hall–Kier alpha value is -1.42. The number of rotatable bonds is 3. The molecule has 1 aliphatic rings. The van der Waals surface area contributed by atoms with E-state index in [-0.39, 0.29) is 10.6 Å². The average Bonchev–Trinajstić information content (AvgIpc) is 2.12. The summed E-state index contributed by atoms with van der Waals surface area (Å²) < 4.78 is 0. The molecular formula is C10H12N2O2. The molecule has 1 heterocycles. The highest BCUT2D eigenvalue weighted by molar-refractivity contribution is 5.32. The van der Waals surface area contributed by atoms with Crippen LogP contribution in [0, 0.1) is 10.1 Å². The number of hydrogen-bond donors (Lipinski definition) is 0. The highest BCUT2D eigenvalue weighted by Gasteiger charge is 2.14. The number of nitro benzene ring substituents is 1. The summed E-state index contributed by atoms with van der Waals surface area (Å²) >= 11 is 0. The molecule has 0 radical (unpaired) electrons. The lowest BCUT2D eigenvalue weighted by molar-refractivity contribution is -0.384. The minimum absolute atomic E-state index is 0.164. The van der Waals surface area contributed by atoms with Crippen LogP contribution in [0.1, 0.15) is 12.0 Å². The molecule has 1 saturated heterocycles. The molecule has 74 valence electrons. The smallest absolute Gasteiger partial charge is 0.269 e. The number of non-ortho nitro benzene ring substituents is 1. The van der Waals surface area contributed by atoms with E-state index in [4.69, 9.17) is 0 Å². The number of hydrogen-bond acceptors (Lipinski definition) is 3. The van der Waals surface area contributed by atoms with E-state index in [1.165, 1.54) is 6.42 Å². The molecule has 0 unspecified atom stereocenters. The average molecular weight is 192 g/mol. The molecule has 0 spiro atoms. The summed E-state index contributed by atoms with van der Waals surface area (Å²) in [5, 5.41) is 10.4. The van der Waals surface area contributed by atoms with E-state index in [1.807, 2.05) is 12.1 Å². The fraction of sp³-hybridized carbons (Fsp3) is 0.400. The molecule has 0 N–H and O–H groups in total. The van der Waals surface area contributed by atoms with Crippen LogP contribution in [-0.2, 0) is 6.54 Å². The normalized spacial score (nSPS) is 16.3. The third kappa shape index (κ3) is 1.90. The minimum Gasteiger partial charge on any atom is -0.299 e. The van der Waals surface area contributed by atoms with E-state index >= 15 is 0 Å². The van der Waals surface area contributed by atoms with Gasteiger partial charge in [0.2, 0.25) is 0 Å². The van der Waals surface area contributed by atoms with Crippen LogP contribution in [0.5, 0.6) is 0 Å². The Kier molecular flexibility index (Phi) is 2.45. The lowest BCUT2D eigenvalue weighted by Gasteiger charge is -2.30. The van der Waals surface area contributed by atoms with Gasteiger partial charge in [0.25, 0.3) is 5.69 Å². The molecule has 1 aliphatic heterocycles. The number of benzene rings is 1. The third-order valence-electron chi connectivity index (χ3n) is 2.50. The summed E-state index contributed by atoms with van der Waals surface area (Å²) in [6.07, 6.45) is 1.27. The molecule has 1 fully saturated rings. The molecule has 2 rings (SSSR count). The Labute approximate surface area is 82.3 Å². The van der Waals surface area contributed by atoms with Crippen molar-refractivity contribution in [1.29, 1.82) is 0 Å². The third-order valence-corrected chi connectivity index (χ3v) is 2.50. The standard InChI is InChI=1S/C10H12N2O2/c13-12(14)10-4-2-9(3-5-10)8-11-6-1-7-11/h2-5H,1,6-8H2. The summed E-state index contributed by atoms with van der Waals surface area (Å²) in [6.45, 7) is 3.21. The maximum atomic E-state index is 10.4. The van der Waals surface area contributed by atoms with Gasteiger partial charge < -0.3 is 0 Å². The van der Waals surface area contributed by atoms with Crippen LogP contribution < -0.4 is 0 Å². The Morgan fingerprint density at radius 1 is 1.29 bits per heavy atom. The van der Waals surface area contributed by atoms with E-state index in [0.29, 0.717) is 0 Å². The van der Waals surface area contributed by atoms with E-state index in [1.54, 1.807) is 12.1 Å². The number of likely N-dealkylation sites (tertiary alicyclic amines) is 1. The van der Waals surface area contributed by atoms with Crippen molar-refractivity contribution in [3.8, 4) is 0 Å². The van der Waals surface area contributed by atoms with Gasteiger partial charge in [-0.3, -0.25) is 15.0 Å². The van der Waals surface area contributed by atoms with Crippen molar-refractivity contribution in [1.82, 2.24) is 4.90 Å². The summed E-state index contributed by atoms with van der Waals surface area (Å²) in [4.78, 5) is 12.3. The fourth-order valence-electron chi connectivity index (χ4n) is 1.52. The van der Waals surface area contributed by atoms with E-state index in [9.17, 15) is 10.1 Å². The first-order valence-electron chi connectivity index (χ1n) is 4.71. The molecule has 0 saturated carbocycles. The zero-order valence-electron chi connectivity index (χ0n) is 7.85. The highest BCUT2D eigenvalue weighted by atomic mass is 16.6. The molecule has 0 aliphatic carbocycles. The summed E-state index contributed by atoms with van der Waals surface area (Å²) in [5.74, 6) is 0. The second-order valence-electron chi connectivity index (χ2n) is 3.55. The van der Waals surface area contributed by atoms with Gasteiger partial charge in [0.15, 0.2) is 0 Å². The van der Waals surface area contributed by atoms with Crippen molar-refractivity contribution in [2.75, 3.05) is 13.1 Å². The largest absolute Gasteiger partial charge is 0.299 e. The van der Waals surface area contributed by atoms with Crippen LogP contribution in [0.2, 0.25) is 0 Å². The van der Waals surface area contributed by atoms with Crippen molar-refractivity contribution in [2.24, 2.45) is 0 Å². The predicted octanol–water partition coefficient (Wildman–Crippen LogP) is 1.80. The van der Waals surface area contributed by atoms with Crippen molar-refractivity contribution in [2.45, 2.75) is 13.0 Å². The van der Waals surface area contributed by atoms with Crippen LogP contribution in [0.4, 0.5) is 5.69 Å². The van der Waals surface area contributed by atoms with Crippen molar-refractivity contribution in [3.05, 3.63) is 39.9 Å². The SMILES string of the molecule is O=[N+]([O-])c1ccc(CN2CCC2)cc1. The maximum absolute atomic E-state index is 10.4. The first kappa shape index (κ1) is 9.15. The summed E-state index contributed by atoms with van der Waals surface area (Å²) in [6, 6.07) is 6.79. The molecule has 4 heteroatoms. The van der Waals surface area contributed by atoms with Gasteiger partial charge in [0.1, 0.15) is 0 Å². The molecule has 4 nitrogen and oxygen atoms in total. The van der Waals surface area contributed by atoms with Gasteiger partial charge in [-0.25, -0.2) is 0 Å². The van der Waals surface area contributed by atoms with Gasteiger partial charge in [-0.2, -0.15) is 0 Å². The van der Waals surface area contributed by atoms with Crippen molar-refractivity contribution < 1.29 is 4.92 Å². The number of nitrogens with zero attached hydrogens (tertiary/aromatic N) is 2. The van der Waals surface area contributed by atoms with E-state index < -0.39 is 0 Å². The van der Waals surface area contributed by atoms with Crippen LogP contribution in [-0.4, -0.2) is 22.9 Å². The Balaban J connectivity index is 2.01. The molecule has 1 aromatic carbocycles. The Morgan fingerprint density at radius 3 is 2.36 bits per heavy atom. The zero-order valence-corrected chi connectivity index (χ0v) is 7.85. The Morgan fingerprint density at radius 2 is 1.93 bits per heavy atom. The second kappa shape index (κ2) is 3.75. The lowest BCUT2D eigenvalue weighted by Crippen LogP contribution is -2.36. The maximum Gasteiger partial charge on any atom is 0.269 e. The molecule has 0 atom stereocenters. The molecule has 1 aromatic rings. The summed E-state index contributed by atoms with van der Waals surface area (Å²) in [5.41, 5.74) is 1.31. The second-order valence-corrected chi connectivity index (χ2v) is 3.55. The molecule has 14 heavy (non-hydrogen) atoms. The van der Waals surface area contributed by atoms with Crippen LogP contribution in [0.3, 0.4) is 0 Å². The van der Waals surface area contributed by atoms with Crippen LogP contribution in [0.25, 0.3) is 0 Å². The molecular weight excluding hydrogens is 180 g/mol. The van der Waals surface area contributed by atoms with E-state index in [2.05, 4.69) is 4.90 Å². The summed E-state index contributed by atoms with van der Waals surface area (Å²) in [7, 11) is 0. The first-order chi connectivity index (χ1) is 6.75. The van der Waals surface area contributed by atoms with Crippen molar-refractivity contribution in [3.63, 3.8) is 0 Å². The molecule has 0 amide bonds. The van der Waals surface area contributed by atoms with Gasteiger partial charge in [-0.15, -0.1) is 0 Å². The predicted molar refractivity (Wildman–Crippen MR) is 53.0 cm³/mol. The fourth-order valence-corrected chi connectivity index (χ4v) is 1.52. The van der Waals surface area contributed by atoms with Gasteiger partial charge in [-0.1, -0.05) is 12.1 Å². The zero-order chi connectivity index (χ0) is 9.97. The minimum atomic E-state index is -0.368. The first-order valence-corrected chi connectivity index (χ1v) is 4.71. The van der Waals surface area contributed by atoms with Crippen LogP contribution >= 0.6 is 0 Å². The lowest BCUT2D eigenvalue weighted by atomic mass is 10.1. The molecule has 0 bridgehead atoms. The van der Waals surface area contributed by atoms with Gasteiger partial charge in [0.05, 0.1) is 4.92 Å². The van der Waals surface area contributed by atoms with Crippen LogP contribution in [0.15, 0.2) is 24.3 Å².